The number of carbonyl (C=O) groups is 2. The number of hydrogen-bond donors (Lipinski definition) is 2. The van der Waals surface area contributed by atoms with Crippen molar-refractivity contribution in [3.05, 3.63) is 0 Å². The monoisotopic (exact) mass is 268 g/mol. The van der Waals surface area contributed by atoms with E-state index in [1.54, 1.807) is 0 Å². The van der Waals surface area contributed by atoms with Gasteiger partial charge in [0.15, 0.2) is 0 Å². The van der Waals surface area contributed by atoms with Gasteiger partial charge in [-0.15, -0.1) is 0 Å². The first kappa shape index (κ1) is 14.3. The summed E-state index contributed by atoms with van der Waals surface area (Å²) < 4.78 is 0. The summed E-state index contributed by atoms with van der Waals surface area (Å²) in [5, 5.41) is 0. The lowest BCUT2D eigenvalue weighted by Crippen LogP contribution is -2.49. The number of hydrazine groups is 1. The molecule has 0 aromatic rings. The Morgan fingerprint density at radius 2 is 1.53 bits per heavy atom. The van der Waals surface area contributed by atoms with Crippen LogP contribution < -0.4 is 11.3 Å². The zero-order valence-corrected chi connectivity index (χ0v) is 11.6. The molecule has 2 aliphatic rings. The van der Waals surface area contributed by atoms with Crippen LogP contribution >= 0.6 is 0 Å². The lowest BCUT2D eigenvalue weighted by molar-refractivity contribution is -0.139. The lowest BCUT2D eigenvalue weighted by Gasteiger charge is -2.36. The van der Waals surface area contributed by atoms with Crippen LogP contribution in [0.1, 0.15) is 25.7 Å². The molecular formula is C13H24N4O2. The van der Waals surface area contributed by atoms with Crippen molar-refractivity contribution in [2.75, 3.05) is 33.2 Å². The highest BCUT2D eigenvalue weighted by atomic mass is 16.2. The standard InChI is InChI=1S/C13H24N4O2/c1-16-6-8-17(9-7-16)13(19)11-4-2-10(3-5-11)12(18)15-14/h10-11H,2-9,14H2,1H3,(H,15,18). The van der Waals surface area contributed by atoms with Gasteiger partial charge in [-0.2, -0.15) is 0 Å². The molecule has 1 aliphatic heterocycles. The molecule has 6 nitrogen and oxygen atoms in total. The molecule has 1 heterocycles. The molecule has 0 bridgehead atoms. The fourth-order valence-electron chi connectivity index (χ4n) is 3.01. The minimum absolute atomic E-state index is 0.0125. The van der Waals surface area contributed by atoms with Crippen molar-refractivity contribution < 1.29 is 9.59 Å². The fraction of sp³-hybridized carbons (Fsp3) is 0.846. The number of rotatable bonds is 2. The Morgan fingerprint density at radius 1 is 1.00 bits per heavy atom. The van der Waals surface area contributed by atoms with Gasteiger partial charge in [-0.05, 0) is 32.7 Å². The van der Waals surface area contributed by atoms with Crippen LogP contribution in [0, 0.1) is 11.8 Å². The predicted octanol–water partition coefficient (Wildman–Crippen LogP) is -0.443. The zero-order chi connectivity index (χ0) is 13.8. The van der Waals surface area contributed by atoms with E-state index in [0.717, 1.165) is 51.9 Å². The molecular weight excluding hydrogens is 244 g/mol. The van der Waals surface area contributed by atoms with Crippen LogP contribution in [0.5, 0.6) is 0 Å². The van der Waals surface area contributed by atoms with Crippen LogP contribution in [0.2, 0.25) is 0 Å². The summed E-state index contributed by atoms with van der Waals surface area (Å²) >= 11 is 0. The second-order valence-electron chi connectivity index (χ2n) is 5.69. The second-order valence-corrected chi connectivity index (χ2v) is 5.69. The van der Waals surface area contributed by atoms with Gasteiger partial charge in [0.25, 0.3) is 0 Å². The first-order chi connectivity index (χ1) is 9.11. The Hall–Kier alpha value is -1.14. The van der Waals surface area contributed by atoms with Gasteiger partial charge >= 0.3 is 0 Å². The Balaban J connectivity index is 1.81. The van der Waals surface area contributed by atoms with Gasteiger partial charge in [0, 0.05) is 38.0 Å². The van der Waals surface area contributed by atoms with E-state index in [0.29, 0.717) is 0 Å². The van der Waals surface area contributed by atoms with Crippen molar-refractivity contribution >= 4 is 11.8 Å². The maximum Gasteiger partial charge on any atom is 0.236 e. The van der Waals surface area contributed by atoms with Gasteiger partial charge < -0.3 is 9.80 Å². The van der Waals surface area contributed by atoms with Gasteiger partial charge in [0.1, 0.15) is 0 Å². The first-order valence-corrected chi connectivity index (χ1v) is 7.09. The highest BCUT2D eigenvalue weighted by molar-refractivity contribution is 5.81. The molecule has 1 saturated heterocycles. The molecule has 3 N–H and O–H groups in total. The summed E-state index contributed by atoms with van der Waals surface area (Å²) in [6.45, 7) is 3.57. The minimum atomic E-state index is -0.0921. The van der Waals surface area contributed by atoms with Crippen LogP contribution in [0.4, 0.5) is 0 Å². The van der Waals surface area contributed by atoms with Crippen LogP contribution in [-0.4, -0.2) is 54.8 Å². The van der Waals surface area contributed by atoms with Crippen LogP contribution in [-0.2, 0) is 9.59 Å². The summed E-state index contributed by atoms with van der Waals surface area (Å²) in [7, 11) is 2.08. The smallest absolute Gasteiger partial charge is 0.236 e. The van der Waals surface area contributed by atoms with Crippen LogP contribution in [0.25, 0.3) is 0 Å². The molecule has 0 spiro atoms. The molecule has 2 rings (SSSR count). The molecule has 0 atom stereocenters. The average Bonchev–Trinajstić information content (AvgIpc) is 2.46. The van der Waals surface area contributed by atoms with E-state index >= 15 is 0 Å². The van der Waals surface area contributed by atoms with Crippen molar-refractivity contribution in [1.29, 1.82) is 0 Å². The summed E-state index contributed by atoms with van der Waals surface area (Å²) in [6.07, 6.45) is 3.16. The van der Waals surface area contributed by atoms with E-state index in [-0.39, 0.29) is 23.7 Å². The van der Waals surface area contributed by atoms with Crippen molar-refractivity contribution in [3.63, 3.8) is 0 Å². The average molecular weight is 268 g/mol. The number of likely N-dealkylation sites (N-methyl/N-ethyl adjacent to an activating group) is 1. The normalized spacial score (nSPS) is 29.1. The van der Waals surface area contributed by atoms with Gasteiger partial charge in [-0.1, -0.05) is 0 Å². The van der Waals surface area contributed by atoms with Gasteiger partial charge in [-0.3, -0.25) is 15.0 Å². The maximum atomic E-state index is 12.4. The Kier molecular flexibility index (Phi) is 4.76. The summed E-state index contributed by atoms with van der Waals surface area (Å²) in [6, 6.07) is 0. The third-order valence-electron chi connectivity index (χ3n) is 4.40. The number of piperazine rings is 1. The van der Waals surface area contributed by atoms with Crippen LogP contribution in [0.15, 0.2) is 0 Å². The van der Waals surface area contributed by atoms with E-state index < -0.39 is 0 Å². The highest BCUT2D eigenvalue weighted by Gasteiger charge is 2.32. The zero-order valence-electron chi connectivity index (χ0n) is 11.6. The number of amides is 2. The first-order valence-electron chi connectivity index (χ1n) is 7.09. The van der Waals surface area contributed by atoms with E-state index in [1.807, 2.05) is 4.90 Å². The Bertz CT molecular complexity index is 332. The molecule has 1 saturated carbocycles. The second kappa shape index (κ2) is 6.34. The molecule has 0 aromatic heterocycles. The third kappa shape index (κ3) is 3.45. The molecule has 108 valence electrons. The lowest BCUT2D eigenvalue weighted by atomic mass is 9.81. The molecule has 19 heavy (non-hydrogen) atoms. The number of nitrogens with zero attached hydrogens (tertiary/aromatic N) is 2. The minimum Gasteiger partial charge on any atom is -0.340 e. The van der Waals surface area contributed by atoms with Gasteiger partial charge in [-0.25, -0.2) is 5.84 Å². The third-order valence-corrected chi connectivity index (χ3v) is 4.40. The SMILES string of the molecule is CN1CCN(C(=O)C2CCC(C(=O)NN)CC2)CC1. The topological polar surface area (TPSA) is 78.7 Å². The van der Waals surface area contributed by atoms with Crippen molar-refractivity contribution in [1.82, 2.24) is 15.2 Å². The van der Waals surface area contributed by atoms with E-state index in [2.05, 4.69) is 17.4 Å². The predicted molar refractivity (Wildman–Crippen MR) is 71.9 cm³/mol. The summed E-state index contributed by atoms with van der Waals surface area (Å²) in [5.41, 5.74) is 2.21. The van der Waals surface area contributed by atoms with Gasteiger partial charge in [0.05, 0.1) is 0 Å². The molecule has 0 unspecified atom stereocenters. The fourth-order valence-corrected chi connectivity index (χ4v) is 3.01. The molecule has 2 amide bonds. The van der Waals surface area contributed by atoms with Crippen molar-refractivity contribution in [2.24, 2.45) is 17.7 Å². The largest absolute Gasteiger partial charge is 0.340 e. The Morgan fingerprint density at radius 3 is 2.05 bits per heavy atom. The summed E-state index contributed by atoms with van der Waals surface area (Å²) in [4.78, 5) is 28.1. The number of hydrogen-bond acceptors (Lipinski definition) is 4. The van der Waals surface area contributed by atoms with E-state index in [4.69, 9.17) is 5.84 Å². The van der Waals surface area contributed by atoms with Crippen molar-refractivity contribution in [2.45, 2.75) is 25.7 Å². The van der Waals surface area contributed by atoms with Gasteiger partial charge in [0.2, 0.25) is 11.8 Å². The maximum absolute atomic E-state index is 12.4. The van der Waals surface area contributed by atoms with Crippen molar-refractivity contribution in [3.8, 4) is 0 Å². The molecule has 1 aliphatic carbocycles. The molecule has 0 aromatic carbocycles. The summed E-state index contributed by atoms with van der Waals surface area (Å²) in [5.74, 6) is 5.42. The van der Waals surface area contributed by atoms with E-state index in [9.17, 15) is 9.59 Å². The molecule has 2 fully saturated rings. The number of carbonyl (C=O) groups excluding carboxylic acids is 2. The number of nitrogens with one attached hydrogen (secondary N) is 1. The van der Waals surface area contributed by atoms with E-state index in [1.165, 1.54) is 0 Å². The molecule has 6 heteroatoms. The Labute approximate surface area is 114 Å². The number of nitrogens with two attached hydrogens (primary N) is 1. The van der Waals surface area contributed by atoms with Crippen LogP contribution in [0.3, 0.4) is 0 Å². The molecule has 0 radical (unpaired) electrons. The highest BCUT2D eigenvalue weighted by Crippen LogP contribution is 2.30. The quantitative estimate of drug-likeness (QED) is 0.404.